The van der Waals surface area contributed by atoms with Crippen LogP contribution < -0.4 is 10.6 Å². The molecule has 0 saturated carbocycles. The van der Waals surface area contributed by atoms with Crippen molar-refractivity contribution in [2.75, 3.05) is 13.1 Å². The highest BCUT2D eigenvalue weighted by molar-refractivity contribution is 5.81. The molecule has 106 valence electrons. The molecule has 1 heterocycles. The van der Waals surface area contributed by atoms with E-state index in [4.69, 9.17) is 0 Å². The second-order valence-corrected chi connectivity index (χ2v) is 4.72. The molecule has 1 fully saturated rings. The topological polar surface area (TPSA) is 41.1 Å². The van der Waals surface area contributed by atoms with Crippen molar-refractivity contribution in [2.24, 2.45) is 0 Å². The summed E-state index contributed by atoms with van der Waals surface area (Å²) in [5.74, 6) is -0.0797. The Morgan fingerprint density at radius 1 is 1.22 bits per heavy atom. The molecule has 1 aliphatic rings. The van der Waals surface area contributed by atoms with E-state index < -0.39 is 12.6 Å². The molecule has 1 saturated heterocycles. The van der Waals surface area contributed by atoms with Gasteiger partial charge in [-0.15, -0.1) is 0 Å². The van der Waals surface area contributed by atoms with Gasteiger partial charge < -0.3 is 10.6 Å². The summed E-state index contributed by atoms with van der Waals surface area (Å²) in [5, 5.41) is 5.85. The molecule has 0 aromatic heterocycles. The number of hydrogen-bond acceptors (Lipinski definition) is 2. The molecule has 18 heavy (non-hydrogen) atoms. The number of hydrogen-bond donors (Lipinski definition) is 2. The van der Waals surface area contributed by atoms with Gasteiger partial charge in [-0.25, -0.2) is 0 Å². The van der Waals surface area contributed by atoms with Crippen molar-refractivity contribution in [3.8, 4) is 0 Å². The SMILES string of the molecule is O=C(NCCCCC(F)(F)F)C1CCCCCN1. The zero-order valence-corrected chi connectivity index (χ0v) is 10.5. The maximum atomic E-state index is 11.9. The highest BCUT2D eigenvalue weighted by Crippen LogP contribution is 2.21. The Bertz CT molecular complexity index is 248. The van der Waals surface area contributed by atoms with Crippen LogP contribution in [0.5, 0.6) is 0 Å². The van der Waals surface area contributed by atoms with E-state index in [1.165, 1.54) is 0 Å². The lowest BCUT2D eigenvalue weighted by Crippen LogP contribution is -2.44. The van der Waals surface area contributed by atoms with Crippen LogP contribution in [0.3, 0.4) is 0 Å². The number of nitrogens with one attached hydrogen (secondary N) is 2. The summed E-state index contributed by atoms with van der Waals surface area (Å²) in [6.45, 7) is 1.17. The Morgan fingerprint density at radius 2 is 2.00 bits per heavy atom. The normalized spacial score (nSPS) is 21.4. The highest BCUT2D eigenvalue weighted by Gasteiger charge is 2.26. The van der Waals surface area contributed by atoms with Crippen molar-refractivity contribution < 1.29 is 18.0 Å². The van der Waals surface area contributed by atoms with Crippen molar-refractivity contribution in [2.45, 2.75) is 57.2 Å². The predicted molar refractivity (Wildman–Crippen MR) is 63.2 cm³/mol. The quantitative estimate of drug-likeness (QED) is 0.750. The van der Waals surface area contributed by atoms with Gasteiger partial charge in [0, 0.05) is 13.0 Å². The highest BCUT2D eigenvalue weighted by atomic mass is 19.4. The number of unbranched alkanes of at least 4 members (excludes halogenated alkanes) is 1. The van der Waals surface area contributed by atoms with Gasteiger partial charge in [0.2, 0.25) is 5.91 Å². The molecular weight excluding hydrogens is 245 g/mol. The maximum Gasteiger partial charge on any atom is 0.389 e. The second kappa shape index (κ2) is 7.61. The first-order valence-electron chi connectivity index (χ1n) is 6.57. The number of carbonyl (C=O) groups excluding carboxylic acids is 1. The van der Waals surface area contributed by atoms with Gasteiger partial charge in [-0.3, -0.25) is 4.79 Å². The molecule has 0 radical (unpaired) electrons. The minimum Gasteiger partial charge on any atom is -0.355 e. The van der Waals surface area contributed by atoms with E-state index in [0.29, 0.717) is 13.0 Å². The van der Waals surface area contributed by atoms with E-state index in [9.17, 15) is 18.0 Å². The number of carbonyl (C=O) groups is 1. The van der Waals surface area contributed by atoms with Crippen LogP contribution in [0.25, 0.3) is 0 Å². The average Bonchev–Trinajstić information content (AvgIpc) is 2.55. The fourth-order valence-corrected chi connectivity index (χ4v) is 2.04. The van der Waals surface area contributed by atoms with Gasteiger partial charge in [-0.1, -0.05) is 12.8 Å². The van der Waals surface area contributed by atoms with Crippen molar-refractivity contribution in [1.29, 1.82) is 0 Å². The van der Waals surface area contributed by atoms with Gasteiger partial charge >= 0.3 is 6.18 Å². The van der Waals surface area contributed by atoms with Gasteiger partial charge in [0.05, 0.1) is 6.04 Å². The van der Waals surface area contributed by atoms with Crippen LogP contribution in [0, 0.1) is 0 Å². The zero-order chi connectivity index (χ0) is 13.4. The van der Waals surface area contributed by atoms with E-state index in [0.717, 1.165) is 32.2 Å². The van der Waals surface area contributed by atoms with Crippen LogP contribution in [0.2, 0.25) is 0 Å². The molecule has 0 spiro atoms. The number of rotatable bonds is 5. The maximum absolute atomic E-state index is 11.9. The van der Waals surface area contributed by atoms with Crippen molar-refractivity contribution >= 4 is 5.91 Å². The molecule has 0 aromatic rings. The largest absolute Gasteiger partial charge is 0.389 e. The standard InChI is InChI=1S/C12H21F3N2O/c13-12(14,15)7-3-5-9-17-11(18)10-6-2-1-4-8-16-10/h10,16H,1-9H2,(H,17,18). The summed E-state index contributed by atoms with van der Waals surface area (Å²) in [6.07, 6.45) is -0.373. The Kier molecular flexibility index (Phi) is 6.46. The van der Waals surface area contributed by atoms with Gasteiger partial charge in [0.15, 0.2) is 0 Å². The molecule has 6 heteroatoms. The fourth-order valence-electron chi connectivity index (χ4n) is 2.04. The van der Waals surface area contributed by atoms with Crippen LogP contribution in [0.4, 0.5) is 13.2 Å². The third-order valence-electron chi connectivity index (χ3n) is 3.06. The van der Waals surface area contributed by atoms with Gasteiger partial charge in [-0.2, -0.15) is 13.2 Å². The minimum absolute atomic E-state index is 0.0713. The molecule has 0 aromatic carbocycles. The first kappa shape index (κ1) is 15.3. The zero-order valence-electron chi connectivity index (χ0n) is 10.5. The lowest BCUT2D eigenvalue weighted by molar-refractivity contribution is -0.135. The van der Waals surface area contributed by atoms with E-state index >= 15 is 0 Å². The Hall–Kier alpha value is -0.780. The average molecular weight is 266 g/mol. The fraction of sp³-hybridized carbons (Fsp3) is 0.917. The summed E-state index contributed by atoms with van der Waals surface area (Å²) >= 11 is 0. The molecular formula is C12H21F3N2O. The second-order valence-electron chi connectivity index (χ2n) is 4.72. The number of alkyl halides is 3. The van der Waals surface area contributed by atoms with E-state index in [1.807, 2.05) is 0 Å². The third-order valence-corrected chi connectivity index (χ3v) is 3.06. The van der Waals surface area contributed by atoms with Crippen LogP contribution in [0.1, 0.15) is 44.9 Å². The molecule has 1 atom stereocenters. The van der Waals surface area contributed by atoms with E-state index in [-0.39, 0.29) is 18.4 Å². The van der Waals surface area contributed by atoms with Crippen molar-refractivity contribution in [3.05, 3.63) is 0 Å². The molecule has 3 nitrogen and oxygen atoms in total. The first-order chi connectivity index (χ1) is 8.49. The van der Waals surface area contributed by atoms with Crippen molar-refractivity contribution in [1.82, 2.24) is 10.6 Å². The Morgan fingerprint density at radius 3 is 2.72 bits per heavy atom. The molecule has 2 N–H and O–H groups in total. The Labute approximate surface area is 106 Å². The minimum atomic E-state index is -4.09. The van der Waals surface area contributed by atoms with Crippen LogP contribution >= 0.6 is 0 Å². The molecule has 1 amide bonds. The first-order valence-corrected chi connectivity index (χ1v) is 6.57. The molecule has 1 aliphatic heterocycles. The summed E-state index contributed by atoms with van der Waals surface area (Å²) in [7, 11) is 0. The molecule has 1 unspecified atom stereocenters. The summed E-state index contributed by atoms with van der Waals surface area (Å²) < 4.78 is 35.6. The van der Waals surface area contributed by atoms with Crippen LogP contribution in [-0.2, 0) is 4.79 Å². The van der Waals surface area contributed by atoms with E-state index in [1.54, 1.807) is 0 Å². The Balaban J connectivity index is 2.09. The van der Waals surface area contributed by atoms with Crippen LogP contribution in [0.15, 0.2) is 0 Å². The number of amides is 1. The van der Waals surface area contributed by atoms with Gasteiger partial charge in [0.25, 0.3) is 0 Å². The predicted octanol–water partition coefficient (Wildman–Crippen LogP) is 2.37. The van der Waals surface area contributed by atoms with E-state index in [2.05, 4.69) is 10.6 Å². The monoisotopic (exact) mass is 266 g/mol. The van der Waals surface area contributed by atoms with Gasteiger partial charge in [-0.05, 0) is 32.2 Å². The van der Waals surface area contributed by atoms with Crippen LogP contribution in [-0.4, -0.2) is 31.2 Å². The smallest absolute Gasteiger partial charge is 0.355 e. The van der Waals surface area contributed by atoms with Gasteiger partial charge in [0.1, 0.15) is 0 Å². The molecule has 0 bridgehead atoms. The van der Waals surface area contributed by atoms with Crippen molar-refractivity contribution in [3.63, 3.8) is 0 Å². The summed E-state index contributed by atoms with van der Waals surface area (Å²) in [4.78, 5) is 11.7. The number of halogens is 3. The summed E-state index contributed by atoms with van der Waals surface area (Å²) in [6, 6.07) is -0.171. The molecule has 0 aliphatic carbocycles. The molecule has 1 rings (SSSR count). The lowest BCUT2D eigenvalue weighted by Gasteiger charge is -2.15. The summed E-state index contributed by atoms with van der Waals surface area (Å²) in [5.41, 5.74) is 0. The third kappa shape index (κ3) is 6.83. The lowest BCUT2D eigenvalue weighted by atomic mass is 10.1.